The molecule has 21 heavy (non-hydrogen) atoms. The minimum Gasteiger partial charge on any atom is -0.397 e. The molecule has 7 nitrogen and oxygen atoms in total. The fraction of sp³-hybridized carbons (Fsp3) is 0.500. The van der Waals surface area contributed by atoms with Crippen LogP contribution in [-0.2, 0) is 10.0 Å². The molecule has 0 aliphatic heterocycles. The van der Waals surface area contributed by atoms with Crippen LogP contribution in [0.25, 0.3) is 0 Å². The molecule has 0 saturated heterocycles. The lowest BCUT2D eigenvalue weighted by Gasteiger charge is -2.24. The number of anilines is 1. The molecule has 118 valence electrons. The maximum Gasteiger partial charge on any atom is 0.271 e. The highest BCUT2D eigenvalue weighted by atomic mass is 32.2. The predicted molar refractivity (Wildman–Crippen MR) is 84.9 cm³/mol. The minimum absolute atomic E-state index is 0.105. The maximum absolute atomic E-state index is 12.5. The predicted octanol–water partition coefficient (Wildman–Crippen LogP) is 1.94. The van der Waals surface area contributed by atoms with Gasteiger partial charge in [-0.05, 0) is 31.4 Å². The quantitative estimate of drug-likeness (QED) is 0.464. The van der Waals surface area contributed by atoms with Gasteiger partial charge in [0.2, 0.25) is 10.0 Å². The van der Waals surface area contributed by atoms with Gasteiger partial charge in [-0.2, -0.15) is 16.1 Å². The van der Waals surface area contributed by atoms with Crippen LogP contribution in [0.4, 0.5) is 11.4 Å². The van der Waals surface area contributed by atoms with Crippen LogP contribution in [0.5, 0.6) is 0 Å². The first kappa shape index (κ1) is 17.7. The number of nitrogen functional groups attached to an aromatic ring is 1. The van der Waals surface area contributed by atoms with Crippen molar-refractivity contribution in [1.82, 2.24) is 4.31 Å². The van der Waals surface area contributed by atoms with Crippen LogP contribution in [0, 0.1) is 10.1 Å². The van der Waals surface area contributed by atoms with Crippen LogP contribution in [0.1, 0.15) is 13.3 Å². The Morgan fingerprint density at radius 3 is 2.57 bits per heavy atom. The lowest BCUT2D eigenvalue weighted by Crippen LogP contribution is -2.35. The molecule has 0 fully saturated rings. The molecule has 0 heterocycles. The van der Waals surface area contributed by atoms with Gasteiger partial charge in [-0.3, -0.25) is 10.1 Å². The van der Waals surface area contributed by atoms with Gasteiger partial charge in [0.1, 0.15) is 4.90 Å². The first-order valence-electron chi connectivity index (χ1n) is 6.22. The molecule has 9 heteroatoms. The first-order chi connectivity index (χ1) is 9.71. The van der Waals surface area contributed by atoms with Crippen molar-refractivity contribution in [3.8, 4) is 0 Å². The SMILES string of the molecule is CSCCC(C)N(C)S(=O)(=O)c1ccc([N+](=O)[O-])cc1N. The zero-order valence-corrected chi connectivity index (χ0v) is 13.8. The number of nitrogens with zero attached hydrogens (tertiary/aromatic N) is 2. The van der Waals surface area contributed by atoms with E-state index < -0.39 is 14.9 Å². The van der Waals surface area contributed by atoms with E-state index in [1.54, 1.807) is 11.8 Å². The Labute approximate surface area is 128 Å². The first-order valence-corrected chi connectivity index (χ1v) is 9.06. The van der Waals surface area contributed by atoms with Gasteiger partial charge >= 0.3 is 0 Å². The number of benzene rings is 1. The van der Waals surface area contributed by atoms with Crippen LogP contribution in [0.3, 0.4) is 0 Å². The third-order valence-corrected chi connectivity index (χ3v) is 5.91. The van der Waals surface area contributed by atoms with E-state index in [9.17, 15) is 18.5 Å². The van der Waals surface area contributed by atoms with E-state index in [0.29, 0.717) is 6.42 Å². The van der Waals surface area contributed by atoms with Crippen molar-refractivity contribution in [3.05, 3.63) is 28.3 Å². The zero-order valence-electron chi connectivity index (χ0n) is 12.1. The standard InChI is InChI=1S/C12H19N3O4S2/c1-9(6-7-20-3)14(2)21(18,19)12-5-4-10(15(16)17)8-11(12)13/h4-5,8-9H,6-7,13H2,1-3H3. The van der Waals surface area contributed by atoms with E-state index >= 15 is 0 Å². The summed E-state index contributed by atoms with van der Waals surface area (Å²) in [6.07, 6.45) is 2.67. The van der Waals surface area contributed by atoms with Gasteiger partial charge in [0.15, 0.2) is 0 Å². The monoisotopic (exact) mass is 333 g/mol. The number of nitrogens with two attached hydrogens (primary N) is 1. The number of hydrogen-bond donors (Lipinski definition) is 1. The Hall–Kier alpha value is -1.32. The summed E-state index contributed by atoms with van der Waals surface area (Å²) in [6, 6.07) is 3.20. The molecule has 0 amide bonds. The van der Waals surface area contributed by atoms with Crippen molar-refractivity contribution in [2.75, 3.05) is 24.8 Å². The zero-order chi connectivity index (χ0) is 16.2. The van der Waals surface area contributed by atoms with E-state index in [2.05, 4.69) is 0 Å². The number of hydrogen-bond acceptors (Lipinski definition) is 6. The highest BCUT2D eigenvalue weighted by Crippen LogP contribution is 2.27. The van der Waals surface area contributed by atoms with Crippen LogP contribution in [0.15, 0.2) is 23.1 Å². The van der Waals surface area contributed by atoms with E-state index in [1.165, 1.54) is 17.4 Å². The molecule has 0 bridgehead atoms. The van der Waals surface area contributed by atoms with Gasteiger partial charge in [-0.15, -0.1) is 0 Å². The van der Waals surface area contributed by atoms with Crippen molar-refractivity contribution in [1.29, 1.82) is 0 Å². The van der Waals surface area contributed by atoms with Crippen molar-refractivity contribution >= 4 is 33.2 Å². The molecule has 1 rings (SSSR count). The van der Waals surface area contributed by atoms with Crippen molar-refractivity contribution < 1.29 is 13.3 Å². The van der Waals surface area contributed by atoms with Crippen LogP contribution >= 0.6 is 11.8 Å². The van der Waals surface area contributed by atoms with Crippen LogP contribution in [0.2, 0.25) is 0 Å². The van der Waals surface area contributed by atoms with Gasteiger partial charge < -0.3 is 5.73 Å². The third kappa shape index (κ3) is 4.08. The van der Waals surface area contributed by atoms with Crippen molar-refractivity contribution in [2.45, 2.75) is 24.3 Å². The summed E-state index contributed by atoms with van der Waals surface area (Å²) in [5, 5.41) is 10.7. The molecule has 1 aromatic rings. The number of sulfonamides is 1. The largest absolute Gasteiger partial charge is 0.397 e. The topological polar surface area (TPSA) is 107 Å². The summed E-state index contributed by atoms with van der Waals surface area (Å²) in [4.78, 5) is 9.94. The Balaban J connectivity index is 3.10. The fourth-order valence-corrected chi connectivity index (χ4v) is 3.81. The molecule has 0 radical (unpaired) electrons. The van der Waals surface area contributed by atoms with E-state index in [0.717, 1.165) is 17.9 Å². The smallest absolute Gasteiger partial charge is 0.271 e. The number of thioether (sulfide) groups is 1. The van der Waals surface area contributed by atoms with Gasteiger partial charge in [-0.25, -0.2) is 8.42 Å². The summed E-state index contributed by atoms with van der Waals surface area (Å²) in [7, 11) is -2.28. The number of non-ortho nitro benzene ring substituents is 1. The highest BCUT2D eigenvalue weighted by Gasteiger charge is 2.27. The van der Waals surface area contributed by atoms with Crippen molar-refractivity contribution in [3.63, 3.8) is 0 Å². The van der Waals surface area contributed by atoms with Gasteiger partial charge in [0.25, 0.3) is 5.69 Å². The van der Waals surface area contributed by atoms with Gasteiger partial charge in [0, 0.05) is 25.2 Å². The maximum atomic E-state index is 12.5. The second-order valence-electron chi connectivity index (χ2n) is 4.63. The van der Waals surface area contributed by atoms with E-state index in [1.807, 2.05) is 13.2 Å². The molecule has 1 aromatic carbocycles. The average Bonchev–Trinajstić information content (AvgIpc) is 2.43. The summed E-state index contributed by atoms with van der Waals surface area (Å²) in [6.45, 7) is 1.81. The second-order valence-corrected chi connectivity index (χ2v) is 7.58. The van der Waals surface area contributed by atoms with Crippen LogP contribution in [-0.4, -0.2) is 42.7 Å². The second kappa shape index (κ2) is 7.10. The highest BCUT2D eigenvalue weighted by molar-refractivity contribution is 7.98. The fourth-order valence-electron chi connectivity index (χ4n) is 1.75. The Morgan fingerprint density at radius 2 is 2.10 bits per heavy atom. The normalized spacial score (nSPS) is 13.3. The Bertz CT molecular complexity index is 619. The molecule has 2 N–H and O–H groups in total. The third-order valence-electron chi connectivity index (χ3n) is 3.22. The minimum atomic E-state index is -3.77. The van der Waals surface area contributed by atoms with Crippen molar-refractivity contribution in [2.24, 2.45) is 0 Å². The Kier molecular flexibility index (Phi) is 5.99. The molecule has 0 aliphatic carbocycles. The number of rotatable bonds is 7. The number of nitro benzene ring substituents is 1. The lowest BCUT2D eigenvalue weighted by molar-refractivity contribution is -0.384. The summed E-state index contributed by atoms with van der Waals surface area (Å²) >= 11 is 1.64. The molecule has 0 aliphatic rings. The number of nitro groups is 1. The van der Waals surface area contributed by atoms with E-state index in [4.69, 9.17) is 5.73 Å². The molecule has 0 spiro atoms. The van der Waals surface area contributed by atoms with Gasteiger partial charge in [0.05, 0.1) is 10.6 Å². The molecule has 1 atom stereocenters. The van der Waals surface area contributed by atoms with Gasteiger partial charge in [-0.1, -0.05) is 0 Å². The van der Waals surface area contributed by atoms with E-state index in [-0.39, 0.29) is 22.3 Å². The van der Waals surface area contributed by atoms with Crippen LogP contribution < -0.4 is 5.73 Å². The molecular weight excluding hydrogens is 314 g/mol. The molecule has 0 aromatic heterocycles. The summed E-state index contributed by atoms with van der Waals surface area (Å²) in [5.41, 5.74) is 5.32. The molecular formula is C12H19N3O4S2. The molecule has 1 unspecified atom stereocenters. The summed E-state index contributed by atoms with van der Waals surface area (Å²) in [5.74, 6) is 0.844. The lowest BCUT2D eigenvalue weighted by atomic mass is 10.3. The summed E-state index contributed by atoms with van der Waals surface area (Å²) < 4.78 is 26.3. The Morgan fingerprint density at radius 1 is 1.48 bits per heavy atom. The average molecular weight is 333 g/mol. The molecule has 0 saturated carbocycles.